The molecule has 1 fully saturated rings. The van der Waals surface area contributed by atoms with E-state index in [9.17, 15) is 53.0 Å². The molecule has 9 atom stereocenters. The third-order valence-electron chi connectivity index (χ3n) is 9.56. The smallest absolute Gasteiger partial charge is 0.414 e. The summed E-state index contributed by atoms with van der Waals surface area (Å²) in [6.07, 6.45) is -13.0. The molecule has 408 valence electrons. The largest absolute Gasteiger partial charge is 0.466 e. The van der Waals surface area contributed by atoms with Crippen molar-refractivity contribution in [2.75, 3.05) is 19.8 Å². The molecule has 0 spiro atoms. The summed E-state index contributed by atoms with van der Waals surface area (Å²) in [6.45, 7) is 19.3. The van der Waals surface area contributed by atoms with Crippen LogP contribution in [0.3, 0.4) is 0 Å². The number of nitrogens with one attached hydrogen (secondary N) is 5. The lowest BCUT2D eigenvalue weighted by molar-refractivity contribution is -0.387. The maximum atomic E-state index is 13.6. The van der Waals surface area contributed by atoms with Gasteiger partial charge in [-0.25, -0.2) is 37.3 Å². The number of hydrogen-bond acceptors (Lipinski definition) is 20. The molecule has 27 heteroatoms. The Morgan fingerprint density at radius 2 is 1.33 bits per heavy atom. The third kappa shape index (κ3) is 20.6. The quantitative estimate of drug-likeness (QED) is 0.0275. The molecule has 2 aliphatic rings. The SMILES string of the molecule is CC[C@@H](O)[C@H](OCCO)O[C@@H]1[C@@H](O)[C@H](O[C@H]2OC(CNS(=O)(=O)c3ccccc3[N+](=O)[O-])=CC[C@H]2N=C(NC(=O)OC(C)(C)C)NC(=O)OC(C)(C)C)[C@@H](NC(=O)OC(C)(C)C)C[C@H]1NC(=O)OC(C)(C)C. The highest BCUT2D eigenvalue weighted by molar-refractivity contribution is 7.89. The maximum absolute atomic E-state index is 13.6. The molecule has 0 aromatic heterocycles. The number of sulfonamides is 1. The number of benzene rings is 1. The van der Waals surface area contributed by atoms with Gasteiger partial charge in [0.05, 0.1) is 36.8 Å². The Bertz CT molecular complexity index is 2170. The topological polar surface area (TPSA) is 353 Å². The highest BCUT2D eigenvalue weighted by Crippen LogP contribution is 2.33. The monoisotopic (exact) mass is 1050 g/mol. The Kier molecular flexibility index (Phi) is 21.6. The van der Waals surface area contributed by atoms with Crippen LogP contribution in [0.2, 0.25) is 0 Å². The van der Waals surface area contributed by atoms with Gasteiger partial charge in [0.2, 0.25) is 22.3 Å². The average molecular weight is 1050 g/mol. The molecule has 1 heterocycles. The number of alkyl carbamates (subject to hydrolysis) is 4. The predicted octanol–water partition coefficient (Wildman–Crippen LogP) is 3.70. The minimum absolute atomic E-state index is 0.0644. The normalized spacial score (nSPS) is 22.6. The van der Waals surface area contributed by atoms with Crippen molar-refractivity contribution in [1.29, 1.82) is 0 Å². The van der Waals surface area contributed by atoms with E-state index >= 15 is 0 Å². The summed E-state index contributed by atoms with van der Waals surface area (Å²) in [7, 11) is -4.59. The number of amides is 4. The summed E-state index contributed by atoms with van der Waals surface area (Å²) < 4.78 is 75.8. The molecule has 4 amide bonds. The molecule has 0 bridgehead atoms. The minimum Gasteiger partial charge on any atom is -0.466 e. The Morgan fingerprint density at radius 1 is 0.833 bits per heavy atom. The molecule has 72 heavy (non-hydrogen) atoms. The summed E-state index contributed by atoms with van der Waals surface area (Å²) in [5.41, 5.74) is -4.80. The molecule has 1 aliphatic heterocycles. The summed E-state index contributed by atoms with van der Waals surface area (Å²) in [5.74, 6) is -0.680. The van der Waals surface area contributed by atoms with Crippen molar-refractivity contribution in [3.05, 3.63) is 46.2 Å². The summed E-state index contributed by atoms with van der Waals surface area (Å²) >= 11 is 0. The number of carbonyl (C=O) groups is 4. The molecule has 0 unspecified atom stereocenters. The number of ether oxygens (including phenoxy) is 8. The highest BCUT2D eigenvalue weighted by Gasteiger charge is 2.51. The summed E-state index contributed by atoms with van der Waals surface area (Å²) in [6, 6.07) is 0.710. The Balaban J connectivity index is 2.26. The first-order chi connectivity index (χ1) is 33.1. The molecular weight excluding hydrogens is 975 g/mol. The molecule has 1 aromatic carbocycles. The summed E-state index contributed by atoms with van der Waals surface area (Å²) in [4.78, 5) is 68.0. The van der Waals surface area contributed by atoms with E-state index < -0.39 is 147 Å². The van der Waals surface area contributed by atoms with Gasteiger partial charge in [-0.15, -0.1) is 0 Å². The number of aliphatic hydroxyl groups excluding tert-OH is 3. The van der Waals surface area contributed by atoms with E-state index in [0.29, 0.717) is 0 Å². The molecule has 0 radical (unpaired) electrons. The molecule has 3 rings (SSSR count). The first-order valence-corrected chi connectivity index (χ1v) is 24.6. The first-order valence-electron chi connectivity index (χ1n) is 23.2. The van der Waals surface area contributed by atoms with Crippen molar-refractivity contribution in [3.63, 3.8) is 0 Å². The molecule has 26 nitrogen and oxygen atoms in total. The zero-order valence-electron chi connectivity index (χ0n) is 43.0. The number of para-hydroxylation sites is 1. The average Bonchev–Trinajstić information content (AvgIpc) is 3.21. The van der Waals surface area contributed by atoms with Gasteiger partial charge < -0.3 is 63.8 Å². The van der Waals surface area contributed by atoms with Gasteiger partial charge in [-0.2, -0.15) is 0 Å². The van der Waals surface area contributed by atoms with Crippen LogP contribution in [0, 0.1) is 10.1 Å². The van der Waals surface area contributed by atoms with Crippen LogP contribution in [-0.2, 0) is 47.9 Å². The highest BCUT2D eigenvalue weighted by atomic mass is 32.2. The number of rotatable bonds is 17. The van der Waals surface area contributed by atoms with Crippen LogP contribution in [0.1, 0.15) is 109 Å². The lowest BCUT2D eigenvalue weighted by atomic mass is 9.83. The van der Waals surface area contributed by atoms with Gasteiger partial charge in [-0.3, -0.25) is 20.7 Å². The predicted molar refractivity (Wildman–Crippen MR) is 256 cm³/mol. The van der Waals surface area contributed by atoms with Crippen LogP contribution in [0.4, 0.5) is 24.9 Å². The number of carbonyl (C=O) groups excluding carboxylic acids is 4. The lowest BCUT2D eigenvalue weighted by Gasteiger charge is -2.47. The van der Waals surface area contributed by atoms with Crippen molar-refractivity contribution >= 4 is 46.0 Å². The van der Waals surface area contributed by atoms with Crippen LogP contribution in [0.5, 0.6) is 0 Å². The fourth-order valence-corrected chi connectivity index (χ4v) is 7.96. The van der Waals surface area contributed by atoms with Gasteiger partial charge in [0.25, 0.3) is 5.69 Å². The number of guanidine groups is 1. The van der Waals surface area contributed by atoms with E-state index in [-0.39, 0.29) is 31.6 Å². The second kappa shape index (κ2) is 25.5. The lowest BCUT2D eigenvalue weighted by Crippen LogP contribution is -2.67. The molecule has 0 saturated heterocycles. The second-order valence-electron chi connectivity index (χ2n) is 20.6. The van der Waals surface area contributed by atoms with E-state index in [1.807, 2.05) is 0 Å². The number of nitrogens with zero attached hydrogens (tertiary/aromatic N) is 2. The van der Waals surface area contributed by atoms with Crippen LogP contribution >= 0.6 is 0 Å². The Morgan fingerprint density at radius 3 is 1.82 bits per heavy atom. The van der Waals surface area contributed by atoms with Crippen molar-refractivity contribution < 1.29 is 85.7 Å². The van der Waals surface area contributed by atoms with Crippen LogP contribution < -0.4 is 26.0 Å². The van der Waals surface area contributed by atoms with E-state index in [4.69, 9.17) is 37.9 Å². The Labute approximate surface area is 419 Å². The second-order valence-corrected chi connectivity index (χ2v) is 22.3. The number of aliphatic imine (C=N–C) groups is 1. The molecular formula is C45H73N7O19S. The van der Waals surface area contributed by atoms with Crippen molar-refractivity contribution in [2.24, 2.45) is 4.99 Å². The Hall–Kier alpha value is -5.42. The van der Waals surface area contributed by atoms with Gasteiger partial charge >= 0.3 is 24.4 Å². The third-order valence-corrected chi connectivity index (χ3v) is 11.0. The number of aliphatic hydroxyl groups is 3. The molecule has 1 saturated carbocycles. The van der Waals surface area contributed by atoms with E-state index in [1.54, 1.807) is 90.0 Å². The van der Waals surface area contributed by atoms with Crippen molar-refractivity contribution in [1.82, 2.24) is 26.0 Å². The van der Waals surface area contributed by atoms with Gasteiger partial charge in [-0.05, 0) is 114 Å². The standard InChI is InChI=1S/C45H73N7O19S/c1-14-30(54)36(64-22-21-53)67-34-28(49-39(57)69-43(5,6)7)23-27(48-38(56)68-42(2,3)4)33(32(34)55)66-35-26(47-37(50-40(58)70-44(8,9)10)51-41(59)71-45(11,12)13)20-19-25(65-35)24-46-72(62,63)31-18-16-15-17-29(31)52(60)61/h15-19,26-28,30,32-36,46,53-55H,14,20-24H2,1-13H3,(H,48,56)(H,49,57)(H2,47,50,51,58,59)/t26-,27+,28-,30-,32+,33-,34+,35-,36-/m1/s1. The van der Waals surface area contributed by atoms with Gasteiger partial charge in [0, 0.05) is 6.07 Å². The number of nitro groups is 1. The van der Waals surface area contributed by atoms with Crippen LogP contribution in [-0.4, -0.2) is 156 Å². The fraction of sp³-hybridized carbons (Fsp3) is 0.711. The number of nitro benzene ring substituents is 1. The van der Waals surface area contributed by atoms with Crippen molar-refractivity contribution in [3.8, 4) is 0 Å². The first kappa shape index (κ1) is 60.9. The van der Waals surface area contributed by atoms with Crippen molar-refractivity contribution in [2.45, 2.75) is 192 Å². The van der Waals surface area contributed by atoms with Crippen LogP contribution in [0.15, 0.2) is 46.0 Å². The van der Waals surface area contributed by atoms with E-state index in [2.05, 4.69) is 31.0 Å². The van der Waals surface area contributed by atoms with E-state index in [1.165, 1.54) is 18.2 Å². The summed E-state index contributed by atoms with van der Waals surface area (Å²) in [5, 5.41) is 54.9. The maximum Gasteiger partial charge on any atom is 0.414 e. The molecule has 1 aliphatic carbocycles. The zero-order valence-corrected chi connectivity index (χ0v) is 43.8. The van der Waals surface area contributed by atoms with Gasteiger partial charge in [0.15, 0.2) is 11.2 Å². The molecule has 8 N–H and O–H groups in total. The fourth-order valence-electron chi connectivity index (χ4n) is 6.79. The number of hydrogen-bond donors (Lipinski definition) is 8. The van der Waals surface area contributed by atoms with Gasteiger partial charge in [0.1, 0.15) is 58.6 Å². The van der Waals surface area contributed by atoms with Gasteiger partial charge in [-0.1, -0.05) is 19.1 Å². The minimum atomic E-state index is -4.59. The van der Waals surface area contributed by atoms with E-state index in [0.717, 1.165) is 12.1 Å². The molecule has 1 aromatic rings. The zero-order chi connectivity index (χ0) is 54.6. The van der Waals surface area contributed by atoms with Crippen LogP contribution in [0.25, 0.3) is 0 Å².